The van der Waals surface area contributed by atoms with Crippen LogP contribution in [0.4, 0.5) is 9.52 Å². The fraction of sp³-hybridized carbons (Fsp3) is 0.389. The largest absolute Gasteiger partial charge is 0.347 e. The molecule has 1 aliphatic rings. The summed E-state index contributed by atoms with van der Waals surface area (Å²) in [4.78, 5) is 2.32. The molecular formula is C18H20FN5S. The summed E-state index contributed by atoms with van der Waals surface area (Å²) >= 11 is 1.63. The van der Waals surface area contributed by atoms with Gasteiger partial charge >= 0.3 is 0 Å². The van der Waals surface area contributed by atoms with Gasteiger partial charge < -0.3 is 4.90 Å². The molecule has 3 heterocycles. The van der Waals surface area contributed by atoms with E-state index in [1.807, 2.05) is 17.9 Å². The van der Waals surface area contributed by atoms with Crippen LogP contribution in [-0.4, -0.2) is 33.1 Å². The topological polar surface area (TPSA) is 46.8 Å². The molecule has 5 nitrogen and oxygen atoms in total. The van der Waals surface area contributed by atoms with Crippen molar-refractivity contribution in [3.8, 4) is 0 Å². The van der Waals surface area contributed by atoms with Crippen LogP contribution in [0.5, 0.6) is 0 Å². The van der Waals surface area contributed by atoms with E-state index in [4.69, 9.17) is 0 Å². The van der Waals surface area contributed by atoms with E-state index in [1.165, 1.54) is 17.7 Å². The minimum atomic E-state index is -0.210. The monoisotopic (exact) mass is 357 g/mol. The minimum absolute atomic E-state index is 0.210. The lowest BCUT2D eigenvalue weighted by Gasteiger charge is -2.30. The number of hydrogen-bond acceptors (Lipinski definition) is 5. The van der Waals surface area contributed by atoms with E-state index in [0.29, 0.717) is 12.3 Å². The molecule has 1 aromatic carbocycles. The van der Waals surface area contributed by atoms with Crippen molar-refractivity contribution in [3.63, 3.8) is 0 Å². The maximum Gasteiger partial charge on any atom is 0.208 e. The van der Waals surface area contributed by atoms with E-state index in [0.717, 1.165) is 41.6 Å². The zero-order valence-electron chi connectivity index (χ0n) is 14.1. The predicted octanol–water partition coefficient (Wildman–Crippen LogP) is 3.39. The number of halogens is 1. The van der Waals surface area contributed by atoms with Gasteiger partial charge in [0.15, 0.2) is 0 Å². The molecule has 0 N–H and O–H groups in total. The lowest BCUT2D eigenvalue weighted by molar-refractivity contribution is 0.504. The Labute approximate surface area is 150 Å². The maximum atomic E-state index is 13.0. The van der Waals surface area contributed by atoms with Gasteiger partial charge in [0.2, 0.25) is 5.13 Å². The highest BCUT2D eigenvalue weighted by molar-refractivity contribution is 7.15. The highest BCUT2D eigenvalue weighted by atomic mass is 32.1. The van der Waals surface area contributed by atoms with Crippen molar-refractivity contribution >= 4 is 16.5 Å². The van der Waals surface area contributed by atoms with E-state index in [9.17, 15) is 4.39 Å². The van der Waals surface area contributed by atoms with E-state index in [-0.39, 0.29) is 5.82 Å². The Balaban J connectivity index is 1.37. The number of nitrogens with zero attached hydrogens (tertiary/aromatic N) is 5. The van der Waals surface area contributed by atoms with E-state index < -0.39 is 0 Å². The summed E-state index contributed by atoms with van der Waals surface area (Å²) in [5.41, 5.74) is 2.38. The van der Waals surface area contributed by atoms with Crippen molar-refractivity contribution in [2.24, 2.45) is 7.05 Å². The molecule has 25 heavy (non-hydrogen) atoms. The van der Waals surface area contributed by atoms with Crippen LogP contribution in [0.2, 0.25) is 0 Å². The molecule has 0 amide bonds. The maximum absolute atomic E-state index is 13.0. The number of anilines is 1. The Morgan fingerprint density at radius 1 is 1.16 bits per heavy atom. The van der Waals surface area contributed by atoms with Gasteiger partial charge in [-0.1, -0.05) is 23.5 Å². The summed E-state index contributed by atoms with van der Waals surface area (Å²) in [5, 5.41) is 14.9. The molecule has 0 atom stereocenters. The van der Waals surface area contributed by atoms with Gasteiger partial charge in [0.05, 0.1) is 6.20 Å². The zero-order chi connectivity index (χ0) is 17.2. The molecule has 3 aromatic rings. The smallest absolute Gasteiger partial charge is 0.208 e. The molecule has 130 valence electrons. The highest BCUT2D eigenvalue weighted by Crippen LogP contribution is 2.31. The van der Waals surface area contributed by atoms with Gasteiger partial charge in [-0.05, 0) is 42.0 Å². The lowest BCUT2D eigenvalue weighted by atomic mass is 9.92. The number of aromatic nitrogens is 4. The van der Waals surface area contributed by atoms with Crippen molar-refractivity contribution in [2.75, 3.05) is 18.0 Å². The fourth-order valence-electron chi connectivity index (χ4n) is 3.28. The highest BCUT2D eigenvalue weighted by Gasteiger charge is 2.23. The van der Waals surface area contributed by atoms with Crippen LogP contribution in [0.15, 0.2) is 36.7 Å². The summed E-state index contributed by atoms with van der Waals surface area (Å²) in [5.74, 6) is 0.370. The number of hydrogen-bond donors (Lipinski definition) is 0. The second kappa shape index (κ2) is 6.92. The van der Waals surface area contributed by atoms with Gasteiger partial charge in [-0.15, -0.1) is 10.2 Å². The minimum Gasteiger partial charge on any atom is -0.347 e. The van der Waals surface area contributed by atoms with Crippen molar-refractivity contribution in [1.29, 1.82) is 0 Å². The van der Waals surface area contributed by atoms with Crippen molar-refractivity contribution < 1.29 is 4.39 Å². The Hall–Kier alpha value is -2.28. The quantitative estimate of drug-likeness (QED) is 0.718. The molecule has 1 saturated heterocycles. The average Bonchev–Trinajstić information content (AvgIpc) is 3.26. The molecule has 1 fully saturated rings. The Kier molecular flexibility index (Phi) is 4.48. The van der Waals surface area contributed by atoms with Crippen LogP contribution in [0.3, 0.4) is 0 Å². The van der Waals surface area contributed by atoms with E-state index in [2.05, 4.69) is 26.4 Å². The second-order valence-corrected chi connectivity index (χ2v) is 7.53. The average molecular weight is 357 g/mol. The molecule has 0 unspecified atom stereocenters. The number of piperidine rings is 1. The van der Waals surface area contributed by atoms with Crippen molar-refractivity contribution in [1.82, 2.24) is 20.0 Å². The van der Waals surface area contributed by atoms with Gasteiger partial charge in [0.1, 0.15) is 10.8 Å². The van der Waals surface area contributed by atoms with Crippen LogP contribution in [-0.2, 0) is 13.5 Å². The van der Waals surface area contributed by atoms with E-state index >= 15 is 0 Å². The number of rotatable bonds is 4. The van der Waals surface area contributed by atoms with E-state index in [1.54, 1.807) is 23.5 Å². The summed E-state index contributed by atoms with van der Waals surface area (Å²) in [6, 6.07) is 6.58. The summed E-state index contributed by atoms with van der Waals surface area (Å²) in [6.07, 6.45) is 7.01. The van der Waals surface area contributed by atoms with Crippen LogP contribution in [0.25, 0.3) is 0 Å². The van der Waals surface area contributed by atoms with Crippen LogP contribution in [0.1, 0.15) is 34.9 Å². The molecule has 0 spiro atoms. The fourth-order valence-corrected chi connectivity index (χ4v) is 4.20. The molecule has 2 aromatic heterocycles. The van der Waals surface area contributed by atoms with Crippen LogP contribution >= 0.6 is 11.3 Å². The third-order valence-corrected chi connectivity index (χ3v) is 5.67. The third-order valence-electron chi connectivity index (χ3n) is 4.69. The lowest BCUT2D eigenvalue weighted by Crippen LogP contribution is -2.32. The summed E-state index contributed by atoms with van der Waals surface area (Å²) in [6.45, 7) is 1.98. The van der Waals surface area contributed by atoms with Crippen LogP contribution < -0.4 is 4.90 Å². The second-order valence-electron chi connectivity index (χ2n) is 6.49. The zero-order valence-corrected chi connectivity index (χ0v) is 14.9. The first-order chi connectivity index (χ1) is 12.2. The van der Waals surface area contributed by atoms with Crippen molar-refractivity contribution in [3.05, 3.63) is 58.6 Å². The molecule has 7 heteroatoms. The summed E-state index contributed by atoms with van der Waals surface area (Å²) in [7, 11) is 1.96. The third kappa shape index (κ3) is 3.71. The summed E-state index contributed by atoms with van der Waals surface area (Å²) < 4.78 is 14.9. The Bertz CT molecular complexity index is 833. The first-order valence-electron chi connectivity index (χ1n) is 8.48. The van der Waals surface area contributed by atoms with Gasteiger partial charge in [-0.3, -0.25) is 4.68 Å². The van der Waals surface area contributed by atoms with Gasteiger partial charge in [0, 0.05) is 32.8 Å². The molecule has 0 saturated carbocycles. The Morgan fingerprint density at radius 3 is 2.60 bits per heavy atom. The van der Waals surface area contributed by atoms with Crippen molar-refractivity contribution in [2.45, 2.75) is 25.2 Å². The predicted molar refractivity (Wildman–Crippen MR) is 96.5 cm³/mol. The molecule has 1 aliphatic heterocycles. The van der Waals surface area contributed by atoms with Gasteiger partial charge in [0.25, 0.3) is 0 Å². The first kappa shape index (κ1) is 16.2. The standard InChI is InChI=1S/C18H20FN5S/c1-23-12-15(11-20-23)14-6-8-24(9-7-14)18-22-21-17(25-18)10-13-2-4-16(19)5-3-13/h2-5,11-12,14H,6-10H2,1H3. The number of benzene rings is 1. The molecule has 0 radical (unpaired) electrons. The normalized spacial score (nSPS) is 15.7. The SMILES string of the molecule is Cn1cc(C2CCN(c3nnc(Cc4ccc(F)cc4)s3)CC2)cn1. The number of aryl methyl sites for hydroxylation is 1. The first-order valence-corrected chi connectivity index (χ1v) is 9.29. The van der Waals surface area contributed by atoms with Gasteiger partial charge in [-0.2, -0.15) is 5.10 Å². The Morgan fingerprint density at radius 2 is 1.92 bits per heavy atom. The molecule has 0 aliphatic carbocycles. The molecule has 4 rings (SSSR count). The van der Waals surface area contributed by atoms with Gasteiger partial charge in [-0.25, -0.2) is 4.39 Å². The molecular weight excluding hydrogens is 337 g/mol. The van der Waals surface area contributed by atoms with Crippen LogP contribution in [0, 0.1) is 5.82 Å². The molecule has 0 bridgehead atoms.